The van der Waals surface area contributed by atoms with Crippen LogP contribution in [0.15, 0.2) is 24.3 Å². The number of carboxylic acid groups (broad SMARTS) is 1. The summed E-state index contributed by atoms with van der Waals surface area (Å²) in [7, 11) is 1.75. The highest BCUT2D eigenvalue weighted by molar-refractivity contribution is 5.96. The zero-order chi connectivity index (χ0) is 15.6. The molecule has 0 aliphatic carbocycles. The molecule has 0 saturated heterocycles. The van der Waals surface area contributed by atoms with Crippen molar-refractivity contribution in [2.75, 3.05) is 11.9 Å². The molecule has 2 atom stereocenters. The molecule has 0 bridgehead atoms. The first-order chi connectivity index (χ1) is 9.90. The molecular weight excluding hydrogens is 268 g/mol. The van der Waals surface area contributed by atoms with Crippen molar-refractivity contribution in [2.24, 2.45) is 5.92 Å². The van der Waals surface area contributed by atoms with Gasteiger partial charge in [-0.2, -0.15) is 0 Å². The molecule has 1 heterocycles. The summed E-state index contributed by atoms with van der Waals surface area (Å²) in [5.74, 6) is -0.594. The van der Waals surface area contributed by atoms with Gasteiger partial charge in [-0.1, -0.05) is 32.0 Å². The van der Waals surface area contributed by atoms with Crippen LogP contribution in [0.2, 0.25) is 0 Å². The molecule has 0 aromatic heterocycles. The predicted molar refractivity (Wildman–Crippen MR) is 81.2 cm³/mol. The van der Waals surface area contributed by atoms with E-state index in [1.165, 1.54) is 0 Å². The molecule has 21 heavy (non-hydrogen) atoms. The standard InChI is InChI=1S/C16H22N2O3/c1-10(2)8-13(16(20)21)17-12-9-15(19)18(3)14-7-5-4-6-11(12)14/h4-7,10,12-13,17H,8-9H2,1-3H3,(H,20,21). The third kappa shape index (κ3) is 3.42. The Morgan fingerprint density at radius 1 is 1.43 bits per heavy atom. The first-order valence-electron chi connectivity index (χ1n) is 7.24. The molecule has 1 aromatic carbocycles. The summed E-state index contributed by atoms with van der Waals surface area (Å²) in [6.45, 7) is 3.98. The lowest BCUT2D eigenvalue weighted by molar-refractivity contribution is -0.140. The minimum Gasteiger partial charge on any atom is -0.480 e. The molecule has 2 rings (SSSR count). The fourth-order valence-corrected chi connectivity index (χ4v) is 2.75. The quantitative estimate of drug-likeness (QED) is 0.872. The summed E-state index contributed by atoms with van der Waals surface area (Å²) in [5, 5.41) is 12.5. The zero-order valence-corrected chi connectivity index (χ0v) is 12.7. The summed E-state index contributed by atoms with van der Waals surface area (Å²) < 4.78 is 0. The molecule has 5 heteroatoms. The number of carbonyl (C=O) groups excluding carboxylic acids is 1. The summed E-state index contributed by atoms with van der Waals surface area (Å²) in [5.41, 5.74) is 1.83. The van der Waals surface area contributed by atoms with Gasteiger partial charge < -0.3 is 10.0 Å². The Labute approximate surface area is 125 Å². The number of carboxylic acids is 1. The van der Waals surface area contributed by atoms with Crippen molar-refractivity contribution in [3.8, 4) is 0 Å². The van der Waals surface area contributed by atoms with Crippen molar-refractivity contribution in [3.05, 3.63) is 29.8 Å². The van der Waals surface area contributed by atoms with Crippen LogP contribution in [-0.4, -0.2) is 30.1 Å². The maximum atomic E-state index is 12.1. The van der Waals surface area contributed by atoms with Crippen molar-refractivity contribution >= 4 is 17.6 Å². The Morgan fingerprint density at radius 2 is 2.10 bits per heavy atom. The normalized spacial score (nSPS) is 19.5. The van der Waals surface area contributed by atoms with Gasteiger partial charge >= 0.3 is 5.97 Å². The average Bonchev–Trinajstić information content (AvgIpc) is 2.43. The fourth-order valence-electron chi connectivity index (χ4n) is 2.75. The Hall–Kier alpha value is -1.88. The van der Waals surface area contributed by atoms with Gasteiger partial charge in [-0.15, -0.1) is 0 Å². The van der Waals surface area contributed by atoms with Gasteiger partial charge in [0, 0.05) is 25.2 Å². The highest BCUT2D eigenvalue weighted by atomic mass is 16.4. The number of nitrogens with one attached hydrogen (secondary N) is 1. The largest absolute Gasteiger partial charge is 0.480 e. The lowest BCUT2D eigenvalue weighted by Gasteiger charge is -2.33. The van der Waals surface area contributed by atoms with Crippen LogP contribution in [-0.2, 0) is 9.59 Å². The number of amides is 1. The number of carbonyl (C=O) groups is 2. The van der Waals surface area contributed by atoms with E-state index in [9.17, 15) is 14.7 Å². The number of anilines is 1. The first kappa shape index (κ1) is 15.5. The SMILES string of the molecule is CC(C)CC(NC1CC(=O)N(C)c2ccccc21)C(=O)O. The van der Waals surface area contributed by atoms with Crippen molar-refractivity contribution in [1.29, 1.82) is 0 Å². The van der Waals surface area contributed by atoms with Crippen molar-refractivity contribution in [3.63, 3.8) is 0 Å². The van der Waals surface area contributed by atoms with E-state index in [-0.39, 0.29) is 24.3 Å². The number of fused-ring (bicyclic) bond motifs is 1. The molecule has 0 saturated carbocycles. The second-order valence-corrected chi connectivity index (χ2v) is 5.96. The number of nitrogens with zero attached hydrogens (tertiary/aromatic N) is 1. The van der Waals surface area contributed by atoms with Crippen LogP contribution >= 0.6 is 0 Å². The predicted octanol–water partition coefficient (Wildman–Crippen LogP) is 2.18. The maximum absolute atomic E-state index is 12.1. The van der Waals surface area contributed by atoms with Crippen LogP contribution in [0.4, 0.5) is 5.69 Å². The Kier molecular flexibility index (Phi) is 4.63. The number of hydrogen-bond donors (Lipinski definition) is 2. The third-order valence-corrected chi connectivity index (χ3v) is 3.83. The molecule has 2 N–H and O–H groups in total. The number of hydrogen-bond acceptors (Lipinski definition) is 3. The van der Waals surface area contributed by atoms with E-state index in [1.54, 1.807) is 11.9 Å². The van der Waals surface area contributed by atoms with Crippen molar-refractivity contribution in [2.45, 2.75) is 38.8 Å². The van der Waals surface area contributed by atoms with Gasteiger partial charge in [0.25, 0.3) is 0 Å². The summed E-state index contributed by atoms with van der Waals surface area (Å²) >= 11 is 0. The van der Waals surface area contributed by atoms with E-state index in [0.717, 1.165) is 11.3 Å². The highest BCUT2D eigenvalue weighted by Crippen LogP contribution is 2.33. The van der Waals surface area contributed by atoms with Crippen LogP contribution in [0.25, 0.3) is 0 Å². The smallest absolute Gasteiger partial charge is 0.320 e. The minimum atomic E-state index is -0.868. The molecule has 2 unspecified atom stereocenters. The number of benzene rings is 1. The molecule has 1 aromatic rings. The van der Waals surface area contributed by atoms with E-state index >= 15 is 0 Å². The van der Waals surface area contributed by atoms with Crippen LogP contribution < -0.4 is 10.2 Å². The van der Waals surface area contributed by atoms with E-state index in [0.29, 0.717) is 6.42 Å². The minimum absolute atomic E-state index is 0.000106. The molecule has 1 amide bonds. The van der Waals surface area contributed by atoms with E-state index in [2.05, 4.69) is 5.32 Å². The second-order valence-electron chi connectivity index (χ2n) is 5.96. The zero-order valence-electron chi connectivity index (χ0n) is 12.7. The summed E-state index contributed by atoms with van der Waals surface area (Å²) in [4.78, 5) is 25.1. The summed E-state index contributed by atoms with van der Waals surface area (Å²) in [6, 6.07) is 6.75. The molecule has 0 fully saturated rings. The van der Waals surface area contributed by atoms with Crippen LogP contribution in [0.1, 0.15) is 38.3 Å². The van der Waals surface area contributed by atoms with Gasteiger partial charge in [0.2, 0.25) is 5.91 Å². The van der Waals surface area contributed by atoms with Gasteiger partial charge in [-0.3, -0.25) is 14.9 Å². The molecule has 1 aliphatic rings. The number of aliphatic carboxylic acids is 1. The highest BCUT2D eigenvalue weighted by Gasteiger charge is 2.32. The van der Waals surface area contributed by atoms with E-state index in [1.807, 2.05) is 38.1 Å². The molecule has 0 radical (unpaired) electrons. The van der Waals surface area contributed by atoms with E-state index in [4.69, 9.17) is 0 Å². The topological polar surface area (TPSA) is 69.6 Å². The first-order valence-corrected chi connectivity index (χ1v) is 7.24. The van der Waals surface area contributed by atoms with Crippen molar-refractivity contribution in [1.82, 2.24) is 5.32 Å². The Balaban J connectivity index is 2.25. The molecule has 0 spiro atoms. The van der Waals surface area contributed by atoms with Gasteiger partial charge in [0.15, 0.2) is 0 Å². The number of para-hydroxylation sites is 1. The molecule has 114 valence electrons. The van der Waals surface area contributed by atoms with Crippen LogP contribution in [0, 0.1) is 5.92 Å². The summed E-state index contributed by atoms with van der Waals surface area (Å²) in [6.07, 6.45) is 0.827. The number of rotatable bonds is 5. The third-order valence-electron chi connectivity index (χ3n) is 3.83. The van der Waals surface area contributed by atoms with Gasteiger partial charge in [-0.25, -0.2) is 0 Å². The van der Waals surface area contributed by atoms with Crippen LogP contribution in [0.3, 0.4) is 0 Å². The second kappa shape index (κ2) is 6.26. The Bertz CT molecular complexity index is 542. The van der Waals surface area contributed by atoms with Gasteiger partial charge in [0.1, 0.15) is 6.04 Å². The lowest BCUT2D eigenvalue weighted by Crippen LogP contribution is -2.44. The van der Waals surface area contributed by atoms with Gasteiger partial charge in [0.05, 0.1) is 0 Å². The monoisotopic (exact) mass is 290 g/mol. The van der Waals surface area contributed by atoms with Crippen LogP contribution in [0.5, 0.6) is 0 Å². The van der Waals surface area contributed by atoms with Gasteiger partial charge in [-0.05, 0) is 24.0 Å². The molecule has 5 nitrogen and oxygen atoms in total. The van der Waals surface area contributed by atoms with E-state index < -0.39 is 12.0 Å². The Morgan fingerprint density at radius 3 is 2.71 bits per heavy atom. The maximum Gasteiger partial charge on any atom is 0.320 e. The molecular formula is C16H22N2O3. The van der Waals surface area contributed by atoms with Crippen molar-refractivity contribution < 1.29 is 14.7 Å². The average molecular weight is 290 g/mol. The lowest BCUT2D eigenvalue weighted by atomic mass is 9.94. The fraction of sp³-hybridized carbons (Fsp3) is 0.500. The molecule has 1 aliphatic heterocycles.